The molecule has 5 heteroatoms. The van der Waals surface area contributed by atoms with Crippen LogP contribution in [0.3, 0.4) is 0 Å². The average Bonchev–Trinajstić information content (AvgIpc) is 3.32. The Balaban J connectivity index is 0. The number of likely N-dealkylation sites (N-methyl/N-ethyl adjacent to an activating group) is 1. The van der Waals surface area contributed by atoms with Crippen molar-refractivity contribution in [2.45, 2.75) is 80.7 Å². The highest BCUT2D eigenvalue weighted by atomic mass is 16.5. The van der Waals surface area contributed by atoms with Gasteiger partial charge in [-0.25, -0.2) is 0 Å². The van der Waals surface area contributed by atoms with Gasteiger partial charge in [-0.2, -0.15) is 0 Å². The fraction of sp³-hybridized carbons (Fsp3) is 0.553. The molecule has 1 aliphatic heterocycles. The monoisotopic (exact) mass is 596 g/mol. The number of ether oxygens (including phenoxy) is 1. The molecule has 0 spiro atoms. The second-order valence-corrected chi connectivity index (χ2v) is 9.91. The van der Waals surface area contributed by atoms with Crippen LogP contribution in [-0.2, 0) is 11.2 Å². The number of piperazine rings is 1. The Morgan fingerprint density at radius 2 is 1.65 bits per heavy atom. The number of carbonyl (C=O) groups excluding carboxylic acids is 1. The maximum absolute atomic E-state index is 12.2. The van der Waals surface area contributed by atoms with E-state index in [1.165, 1.54) is 30.8 Å². The van der Waals surface area contributed by atoms with E-state index in [1.54, 1.807) is 13.2 Å². The average molecular weight is 596 g/mol. The molecule has 0 N–H and O–H groups in total. The van der Waals surface area contributed by atoms with Gasteiger partial charge in [-0.05, 0) is 64.8 Å². The predicted molar refractivity (Wildman–Crippen MR) is 191 cm³/mol. The maximum atomic E-state index is 12.2. The first-order valence-corrected chi connectivity index (χ1v) is 16.5. The summed E-state index contributed by atoms with van der Waals surface area (Å²) in [6, 6.07) is 8.73. The van der Waals surface area contributed by atoms with Crippen molar-refractivity contribution in [1.82, 2.24) is 14.7 Å². The van der Waals surface area contributed by atoms with Gasteiger partial charge in [-0.15, -0.1) is 6.58 Å². The number of rotatable bonds is 10. The molecular weight excluding hydrogens is 530 g/mol. The van der Waals surface area contributed by atoms with Gasteiger partial charge in [-0.3, -0.25) is 9.69 Å². The highest BCUT2D eigenvalue weighted by molar-refractivity contribution is 5.94. The van der Waals surface area contributed by atoms with Gasteiger partial charge in [0.15, 0.2) is 0 Å². The Morgan fingerprint density at radius 1 is 1.00 bits per heavy atom. The normalized spacial score (nSPS) is 16.0. The smallest absolute Gasteiger partial charge is 0.253 e. The quantitative estimate of drug-likeness (QED) is 0.254. The van der Waals surface area contributed by atoms with Crippen molar-refractivity contribution in [1.29, 1.82) is 0 Å². The van der Waals surface area contributed by atoms with Crippen LogP contribution in [0.4, 0.5) is 0 Å². The van der Waals surface area contributed by atoms with Crippen LogP contribution in [0.2, 0.25) is 0 Å². The first-order chi connectivity index (χ1) is 20.9. The van der Waals surface area contributed by atoms with E-state index in [-0.39, 0.29) is 5.91 Å². The molecule has 0 bridgehead atoms. The van der Waals surface area contributed by atoms with Crippen LogP contribution in [-0.4, -0.2) is 86.7 Å². The molecule has 5 nitrogen and oxygen atoms in total. The molecule has 0 radical (unpaired) electrons. The van der Waals surface area contributed by atoms with Gasteiger partial charge in [0.1, 0.15) is 0 Å². The van der Waals surface area contributed by atoms with Crippen molar-refractivity contribution in [3.8, 4) is 0 Å². The lowest BCUT2D eigenvalue weighted by Crippen LogP contribution is -2.49. The van der Waals surface area contributed by atoms with Crippen molar-refractivity contribution >= 4 is 5.91 Å². The molecule has 0 unspecified atom stereocenters. The van der Waals surface area contributed by atoms with Crippen molar-refractivity contribution in [2.24, 2.45) is 0 Å². The summed E-state index contributed by atoms with van der Waals surface area (Å²) in [4.78, 5) is 19.1. The number of amides is 1. The molecule has 1 aromatic carbocycles. The van der Waals surface area contributed by atoms with Crippen molar-refractivity contribution in [2.75, 3.05) is 60.0 Å². The third kappa shape index (κ3) is 20.0. The summed E-state index contributed by atoms with van der Waals surface area (Å²) >= 11 is 0. The standard InChI is InChI=1S/C19H23NO.C11H22N2.C4H8O.2C2H6/c1-3-20(4-2)19(21)18-13-11-17(12-14-18)15-16-9-7-5-6-8-10-16;1-4-5-6-7-13-9-8-12(3)11(2)10-13;1-3-4-5-2;2*1-2/h5-9,11-14H,3-4,10,15H2,1-2H3;5-6,11H,4,7-10H2,1-3H3;3H,1,4H2,2H3;2*1-2H3/b;6-5+;;;/t;11-;;;/m.0.../s1. The molecule has 244 valence electrons. The molecule has 0 saturated carbocycles. The lowest BCUT2D eigenvalue weighted by atomic mass is 10.0. The number of allylic oxidation sites excluding steroid dienone is 7. The van der Waals surface area contributed by atoms with E-state index in [9.17, 15) is 4.79 Å². The fourth-order valence-corrected chi connectivity index (χ4v) is 4.27. The zero-order chi connectivity index (χ0) is 32.9. The summed E-state index contributed by atoms with van der Waals surface area (Å²) < 4.78 is 4.57. The molecule has 1 atom stereocenters. The summed E-state index contributed by atoms with van der Waals surface area (Å²) in [6.45, 7) is 26.9. The summed E-state index contributed by atoms with van der Waals surface area (Å²) in [7, 11) is 3.85. The van der Waals surface area contributed by atoms with E-state index in [0.717, 1.165) is 44.5 Å². The molecule has 1 heterocycles. The lowest BCUT2D eigenvalue weighted by Gasteiger charge is -2.37. The van der Waals surface area contributed by atoms with Crippen LogP contribution in [0.25, 0.3) is 0 Å². The van der Waals surface area contributed by atoms with Crippen LogP contribution in [0.5, 0.6) is 0 Å². The second-order valence-electron chi connectivity index (χ2n) is 9.91. The largest absolute Gasteiger partial charge is 0.381 e. The van der Waals surface area contributed by atoms with Gasteiger partial charge in [-0.1, -0.05) is 101 Å². The van der Waals surface area contributed by atoms with Gasteiger partial charge in [0, 0.05) is 58.0 Å². The Labute approximate surface area is 266 Å². The van der Waals surface area contributed by atoms with Gasteiger partial charge >= 0.3 is 0 Å². The molecule has 3 rings (SSSR count). The lowest BCUT2D eigenvalue weighted by molar-refractivity contribution is 0.0773. The Morgan fingerprint density at radius 3 is 2.16 bits per heavy atom. The molecule has 0 aromatic heterocycles. The molecule has 43 heavy (non-hydrogen) atoms. The molecule has 1 aromatic rings. The summed E-state index contributed by atoms with van der Waals surface area (Å²) in [5.41, 5.74) is 3.42. The second kappa shape index (κ2) is 29.3. The number of carbonyl (C=O) groups is 1. The van der Waals surface area contributed by atoms with Crippen molar-refractivity contribution < 1.29 is 9.53 Å². The molecule has 1 aliphatic carbocycles. The molecule has 1 saturated heterocycles. The van der Waals surface area contributed by atoms with Crippen molar-refractivity contribution in [3.05, 3.63) is 96.2 Å². The predicted octanol–water partition coefficient (Wildman–Crippen LogP) is 8.61. The molecule has 1 amide bonds. The summed E-state index contributed by atoms with van der Waals surface area (Å²) in [5.74, 6) is 0.117. The Bertz CT molecular complexity index is 927. The first kappa shape index (κ1) is 42.4. The molecule has 2 aliphatic rings. The Hall–Kier alpha value is -2.73. The van der Waals surface area contributed by atoms with Crippen LogP contribution < -0.4 is 0 Å². The number of hydrogen-bond donors (Lipinski definition) is 0. The minimum Gasteiger partial charge on any atom is -0.381 e. The first-order valence-electron chi connectivity index (χ1n) is 16.5. The van der Waals surface area contributed by atoms with E-state index in [0.29, 0.717) is 12.6 Å². The van der Waals surface area contributed by atoms with Gasteiger partial charge in [0.2, 0.25) is 0 Å². The number of methoxy groups -OCH3 is 1. The summed E-state index contributed by atoms with van der Waals surface area (Å²) in [6.07, 6.45) is 19.9. The number of hydrogen-bond acceptors (Lipinski definition) is 4. The van der Waals surface area contributed by atoms with Crippen LogP contribution in [0.15, 0.2) is 85.0 Å². The van der Waals surface area contributed by atoms with Crippen LogP contribution >= 0.6 is 0 Å². The van der Waals surface area contributed by atoms with Crippen LogP contribution in [0.1, 0.15) is 84.2 Å². The van der Waals surface area contributed by atoms with E-state index >= 15 is 0 Å². The van der Waals surface area contributed by atoms with Gasteiger partial charge < -0.3 is 14.5 Å². The fourth-order valence-electron chi connectivity index (χ4n) is 4.27. The SMILES string of the molecule is C=CCOC.CC.CC.CC/C=C/CN1CCN(C)[C@@H](C)C1.CCN(CC)C(=O)c1ccc(CC2=CC=CC=CC2)cc1. The summed E-state index contributed by atoms with van der Waals surface area (Å²) in [5, 5.41) is 0. The van der Waals surface area contributed by atoms with E-state index in [1.807, 2.05) is 58.6 Å². The zero-order valence-corrected chi connectivity index (χ0v) is 29.4. The number of benzene rings is 1. The van der Waals surface area contributed by atoms with Crippen LogP contribution in [0, 0.1) is 0 Å². The highest BCUT2D eigenvalue weighted by Crippen LogP contribution is 2.16. The minimum absolute atomic E-state index is 0.117. The molecule has 1 fully saturated rings. The van der Waals surface area contributed by atoms with Gasteiger partial charge in [0.25, 0.3) is 5.91 Å². The Kier molecular flexibility index (Phi) is 28.9. The topological polar surface area (TPSA) is 36.0 Å². The third-order valence-corrected chi connectivity index (χ3v) is 6.85. The van der Waals surface area contributed by atoms with E-state index < -0.39 is 0 Å². The van der Waals surface area contributed by atoms with Crippen molar-refractivity contribution in [3.63, 3.8) is 0 Å². The zero-order valence-electron chi connectivity index (χ0n) is 29.4. The third-order valence-electron chi connectivity index (χ3n) is 6.85. The van der Waals surface area contributed by atoms with E-state index in [2.05, 4.69) is 96.7 Å². The maximum Gasteiger partial charge on any atom is 0.253 e. The number of nitrogens with zero attached hydrogens (tertiary/aromatic N) is 3. The minimum atomic E-state index is 0.117. The van der Waals surface area contributed by atoms with Gasteiger partial charge in [0.05, 0.1) is 6.61 Å². The molecular formula is C38H65N3O2. The van der Waals surface area contributed by atoms with E-state index in [4.69, 9.17) is 0 Å². The highest BCUT2D eigenvalue weighted by Gasteiger charge is 2.19.